The first kappa shape index (κ1) is 20.0. The molecule has 0 aliphatic carbocycles. The Kier molecular flexibility index (Phi) is 6.70. The summed E-state index contributed by atoms with van der Waals surface area (Å²) >= 11 is 12.6. The molecule has 0 amide bonds. The van der Waals surface area contributed by atoms with Gasteiger partial charge in [-0.25, -0.2) is 8.42 Å². The van der Waals surface area contributed by atoms with Crippen molar-refractivity contribution >= 4 is 50.5 Å². The van der Waals surface area contributed by atoms with E-state index in [1.807, 2.05) is 0 Å². The summed E-state index contributed by atoms with van der Waals surface area (Å²) < 4.78 is 32.5. The van der Waals surface area contributed by atoms with Crippen LogP contribution < -0.4 is 4.72 Å². The van der Waals surface area contributed by atoms with Gasteiger partial charge < -0.3 is 9.84 Å². The molecule has 10 heteroatoms. The zero-order chi connectivity index (χ0) is 18.6. The van der Waals surface area contributed by atoms with Crippen LogP contribution in [0, 0.1) is 0 Å². The SMILES string of the molecule is CCOC(=O)C(Cc1ccc(O)cc1)NS(=O)(=O)c1cc(Cl)sc1Cl. The molecule has 0 aliphatic heterocycles. The molecule has 0 saturated heterocycles. The number of hydrogen-bond donors (Lipinski definition) is 2. The topological polar surface area (TPSA) is 92.7 Å². The van der Waals surface area contributed by atoms with E-state index in [-0.39, 0.29) is 32.3 Å². The molecular formula is C15H15Cl2NO5S2. The van der Waals surface area contributed by atoms with Gasteiger partial charge in [-0.3, -0.25) is 4.79 Å². The molecule has 25 heavy (non-hydrogen) atoms. The zero-order valence-corrected chi connectivity index (χ0v) is 16.2. The third kappa shape index (κ3) is 5.32. The zero-order valence-electron chi connectivity index (χ0n) is 13.0. The Bertz CT molecular complexity index is 849. The third-order valence-corrected chi connectivity index (χ3v) is 6.38. The molecule has 1 aromatic carbocycles. The van der Waals surface area contributed by atoms with E-state index in [1.165, 1.54) is 18.2 Å². The number of esters is 1. The molecule has 136 valence electrons. The van der Waals surface area contributed by atoms with E-state index in [9.17, 15) is 18.3 Å². The van der Waals surface area contributed by atoms with Crippen LogP contribution in [-0.4, -0.2) is 32.1 Å². The first-order valence-corrected chi connectivity index (χ1v) is 10.2. The van der Waals surface area contributed by atoms with Crippen LogP contribution in [0.5, 0.6) is 5.75 Å². The Balaban J connectivity index is 2.27. The summed E-state index contributed by atoms with van der Waals surface area (Å²) in [5.74, 6) is -0.645. The molecule has 2 aromatic rings. The van der Waals surface area contributed by atoms with E-state index < -0.39 is 22.0 Å². The van der Waals surface area contributed by atoms with E-state index in [4.69, 9.17) is 27.9 Å². The van der Waals surface area contributed by atoms with Crippen LogP contribution in [0.4, 0.5) is 0 Å². The second-order valence-electron chi connectivity index (χ2n) is 4.98. The van der Waals surface area contributed by atoms with Gasteiger partial charge in [0, 0.05) is 0 Å². The molecule has 1 aromatic heterocycles. The van der Waals surface area contributed by atoms with E-state index in [0.29, 0.717) is 5.56 Å². The van der Waals surface area contributed by atoms with Gasteiger partial charge in [0.1, 0.15) is 21.0 Å². The second kappa shape index (κ2) is 8.37. The maximum Gasteiger partial charge on any atom is 0.324 e. The van der Waals surface area contributed by atoms with Crippen LogP contribution in [0.3, 0.4) is 0 Å². The molecule has 0 radical (unpaired) electrons. The van der Waals surface area contributed by atoms with Crippen molar-refractivity contribution in [3.63, 3.8) is 0 Å². The number of phenolic OH excluding ortho intramolecular Hbond substituents is 1. The number of carbonyl (C=O) groups excluding carboxylic acids is 1. The number of rotatable bonds is 7. The fraction of sp³-hybridized carbons (Fsp3) is 0.267. The lowest BCUT2D eigenvalue weighted by molar-refractivity contribution is -0.145. The fourth-order valence-corrected chi connectivity index (χ4v) is 5.38. The normalized spacial score (nSPS) is 12.8. The summed E-state index contributed by atoms with van der Waals surface area (Å²) in [7, 11) is -4.07. The van der Waals surface area contributed by atoms with E-state index in [0.717, 1.165) is 11.3 Å². The summed E-state index contributed by atoms with van der Waals surface area (Å²) in [6, 6.07) is 6.14. The van der Waals surface area contributed by atoms with Crippen molar-refractivity contribution in [2.75, 3.05) is 6.61 Å². The highest BCUT2D eigenvalue weighted by Gasteiger charge is 2.29. The lowest BCUT2D eigenvalue weighted by Crippen LogP contribution is -2.43. The van der Waals surface area contributed by atoms with Gasteiger partial charge in [-0.05, 0) is 37.1 Å². The van der Waals surface area contributed by atoms with Gasteiger partial charge in [0.15, 0.2) is 0 Å². The third-order valence-electron chi connectivity index (χ3n) is 3.16. The minimum absolute atomic E-state index is 0.00439. The van der Waals surface area contributed by atoms with Crippen LogP contribution in [-0.2, 0) is 26.0 Å². The highest BCUT2D eigenvalue weighted by atomic mass is 35.5. The molecule has 0 aliphatic rings. The molecule has 0 saturated carbocycles. The molecule has 1 atom stereocenters. The number of aromatic hydroxyl groups is 1. The van der Waals surface area contributed by atoms with E-state index in [1.54, 1.807) is 19.1 Å². The maximum absolute atomic E-state index is 12.5. The number of carbonyl (C=O) groups is 1. The molecule has 2 N–H and O–H groups in total. The maximum atomic E-state index is 12.5. The number of sulfonamides is 1. The minimum Gasteiger partial charge on any atom is -0.508 e. The molecule has 0 fully saturated rings. The predicted molar refractivity (Wildman–Crippen MR) is 96.9 cm³/mol. The summed E-state index contributed by atoms with van der Waals surface area (Å²) in [5.41, 5.74) is 0.646. The smallest absolute Gasteiger partial charge is 0.324 e. The molecule has 0 spiro atoms. The van der Waals surface area contributed by atoms with Gasteiger partial charge in [0.05, 0.1) is 10.9 Å². The average molecular weight is 424 g/mol. The standard InChI is InChI=1S/C15H15Cl2NO5S2/c1-2-23-15(20)11(7-9-3-5-10(19)6-4-9)18-25(21,22)12-8-13(16)24-14(12)17/h3-6,8,11,18-19H,2,7H2,1H3. The predicted octanol–water partition coefficient (Wildman–Crippen LogP) is 3.21. The molecule has 2 rings (SSSR count). The summed E-state index contributed by atoms with van der Waals surface area (Å²) in [4.78, 5) is 12.0. The van der Waals surface area contributed by atoms with Crippen molar-refractivity contribution in [1.29, 1.82) is 0 Å². The highest BCUT2D eigenvalue weighted by molar-refractivity contribution is 7.89. The Morgan fingerprint density at radius 2 is 1.96 bits per heavy atom. The number of nitrogens with one attached hydrogen (secondary N) is 1. The first-order valence-electron chi connectivity index (χ1n) is 7.14. The second-order valence-corrected chi connectivity index (χ2v) is 8.95. The van der Waals surface area contributed by atoms with Crippen molar-refractivity contribution in [3.8, 4) is 5.75 Å². The lowest BCUT2D eigenvalue weighted by atomic mass is 10.1. The van der Waals surface area contributed by atoms with Crippen molar-refractivity contribution in [2.24, 2.45) is 0 Å². The average Bonchev–Trinajstić information content (AvgIpc) is 2.88. The van der Waals surface area contributed by atoms with Crippen LogP contribution >= 0.6 is 34.5 Å². The molecule has 0 bridgehead atoms. The van der Waals surface area contributed by atoms with Crippen molar-refractivity contribution < 1.29 is 23.1 Å². The van der Waals surface area contributed by atoms with Crippen LogP contribution in [0.2, 0.25) is 8.67 Å². The summed E-state index contributed by atoms with van der Waals surface area (Å²) in [5, 5.41) is 9.32. The number of halogens is 2. The van der Waals surface area contributed by atoms with Crippen molar-refractivity contribution in [3.05, 3.63) is 44.6 Å². The Morgan fingerprint density at radius 1 is 1.32 bits per heavy atom. The number of hydrogen-bond acceptors (Lipinski definition) is 6. The quantitative estimate of drug-likeness (QED) is 0.666. The van der Waals surface area contributed by atoms with Gasteiger partial charge >= 0.3 is 5.97 Å². The minimum atomic E-state index is -4.07. The van der Waals surface area contributed by atoms with Crippen LogP contribution in [0.1, 0.15) is 12.5 Å². The fourth-order valence-electron chi connectivity index (χ4n) is 2.04. The molecule has 6 nitrogen and oxygen atoms in total. The van der Waals surface area contributed by atoms with E-state index >= 15 is 0 Å². The Labute approximate surface area is 159 Å². The summed E-state index contributed by atoms with van der Waals surface area (Å²) in [6.07, 6.45) is 0.0494. The van der Waals surface area contributed by atoms with E-state index in [2.05, 4.69) is 4.72 Å². The van der Waals surface area contributed by atoms with Gasteiger partial charge in [-0.2, -0.15) is 4.72 Å². The Hall–Kier alpha value is -1.32. The summed E-state index contributed by atoms with van der Waals surface area (Å²) in [6.45, 7) is 1.73. The van der Waals surface area contributed by atoms with Gasteiger partial charge in [-0.15, -0.1) is 11.3 Å². The molecule has 1 heterocycles. The molecular weight excluding hydrogens is 409 g/mol. The number of ether oxygens (including phenoxy) is 1. The van der Waals surface area contributed by atoms with Crippen molar-refractivity contribution in [2.45, 2.75) is 24.3 Å². The largest absolute Gasteiger partial charge is 0.508 e. The highest BCUT2D eigenvalue weighted by Crippen LogP contribution is 2.34. The number of benzene rings is 1. The monoisotopic (exact) mass is 423 g/mol. The molecule has 1 unspecified atom stereocenters. The van der Waals surface area contributed by atoms with Gasteiger partial charge in [0.2, 0.25) is 10.0 Å². The van der Waals surface area contributed by atoms with Crippen LogP contribution in [0.25, 0.3) is 0 Å². The number of phenols is 1. The number of thiophene rings is 1. The van der Waals surface area contributed by atoms with Gasteiger partial charge in [0.25, 0.3) is 0 Å². The van der Waals surface area contributed by atoms with Crippen LogP contribution in [0.15, 0.2) is 35.2 Å². The Morgan fingerprint density at radius 3 is 2.48 bits per heavy atom. The first-order chi connectivity index (χ1) is 11.7. The van der Waals surface area contributed by atoms with Crippen molar-refractivity contribution in [1.82, 2.24) is 4.72 Å². The van der Waals surface area contributed by atoms with Gasteiger partial charge in [-0.1, -0.05) is 35.3 Å². The lowest BCUT2D eigenvalue weighted by Gasteiger charge is -2.17.